The fraction of sp³-hybridized carbons (Fsp3) is 0.462. The van der Waals surface area contributed by atoms with Gasteiger partial charge in [0, 0.05) is 6.54 Å². The highest BCUT2D eigenvalue weighted by molar-refractivity contribution is 5.89. The first-order valence-electron chi connectivity index (χ1n) is 6.27. The zero-order valence-corrected chi connectivity index (χ0v) is 11.5. The predicted molar refractivity (Wildman–Crippen MR) is 75.3 cm³/mol. The van der Waals surface area contributed by atoms with Gasteiger partial charge in [-0.25, -0.2) is 4.98 Å². The van der Waals surface area contributed by atoms with Crippen LogP contribution in [0.4, 0.5) is 5.69 Å². The number of rotatable bonds is 5. The van der Waals surface area contributed by atoms with Crippen molar-refractivity contribution in [3.63, 3.8) is 0 Å². The summed E-state index contributed by atoms with van der Waals surface area (Å²) in [5.41, 5.74) is 1.66. The second kappa shape index (κ2) is 5.56. The minimum Gasteiger partial charge on any atom is -0.733 e. The van der Waals surface area contributed by atoms with E-state index in [1.165, 1.54) is 0 Å². The number of fused-ring (bicyclic) bond motifs is 1. The van der Waals surface area contributed by atoms with Crippen molar-refractivity contribution in [3.8, 4) is 0 Å². The second-order valence-corrected chi connectivity index (χ2v) is 4.89. The van der Waals surface area contributed by atoms with Crippen LogP contribution in [-0.2, 0) is 6.54 Å². The van der Waals surface area contributed by atoms with E-state index in [-0.39, 0.29) is 10.9 Å². The van der Waals surface area contributed by atoms with Gasteiger partial charge in [-0.3, -0.25) is 5.21 Å². The summed E-state index contributed by atoms with van der Waals surface area (Å²) < 4.78 is 1.98. The van der Waals surface area contributed by atoms with Crippen molar-refractivity contribution in [2.24, 2.45) is 0 Å². The molecular formula is C13H19N4O2-. The van der Waals surface area contributed by atoms with E-state index >= 15 is 0 Å². The third-order valence-corrected chi connectivity index (χ3v) is 3.13. The van der Waals surface area contributed by atoms with Gasteiger partial charge in [0.1, 0.15) is 5.82 Å². The molecule has 19 heavy (non-hydrogen) atoms. The zero-order valence-electron chi connectivity index (χ0n) is 11.5. The largest absolute Gasteiger partial charge is 0.733 e. The van der Waals surface area contributed by atoms with E-state index in [9.17, 15) is 10.4 Å². The summed E-state index contributed by atoms with van der Waals surface area (Å²) >= 11 is 0. The number of benzene rings is 1. The number of aromatic nitrogens is 2. The van der Waals surface area contributed by atoms with E-state index in [2.05, 4.69) is 9.88 Å². The summed E-state index contributed by atoms with van der Waals surface area (Å²) in [7, 11) is 4.05. The topological polar surface area (TPSA) is 67.6 Å². The molecule has 0 bridgehead atoms. The van der Waals surface area contributed by atoms with Gasteiger partial charge in [0.15, 0.2) is 0 Å². The summed E-state index contributed by atoms with van der Waals surface area (Å²) in [6.07, 6.45) is 0.956. The maximum absolute atomic E-state index is 11.2. The first-order chi connectivity index (χ1) is 9.00. The van der Waals surface area contributed by atoms with Crippen molar-refractivity contribution in [2.75, 3.05) is 25.9 Å². The van der Waals surface area contributed by atoms with Crippen LogP contribution in [0.3, 0.4) is 0 Å². The normalized spacial score (nSPS) is 11.5. The van der Waals surface area contributed by atoms with Gasteiger partial charge >= 0.3 is 0 Å². The fourth-order valence-electron chi connectivity index (χ4n) is 2.26. The quantitative estimate of drug-likeness (QED) is 0.835. The van der Waals surface area contributed by atoms with Crippen LogP contribution in [0.5, 0.6) is 0 Å². The Kier molecular flexibility index (Phi) is 4.04. The molecule has 0 radical (unpaired) electrons. The lowest BCUT2D eigenvalue weighted by Gasteiger charge is -2.23. The van der Waals surface area contributed by atoms with Gasteiger partial charge in [0.2, 0.25) is 0 Å². The molecule has 0 aliphatic carbocycles. The average Bonchev–Trinajstić information content (AvgIpc) is 2.65. The fourth-order valence-corrected chi connectivity index (χ4v) is 2.26. The van der Waals surface area contributed by atoms with Crippen molar-refractivity contribution in [3.05, 3.63) is 29.2 Å². The molecule has 2 rings (SSSR count). The highest BCUT2D eigenvalue weighted by Crippen LogP contribution is 2.26. The molecule has 1 aromatic heterocycles. The van der Waals surface area contributed by atoms with Crippen LogP contribution in [0.15, 0.2) is 18.2 Å². The number of para-hydroxylation sites is 1. The summed E-state index contributed by atoms with van der Waals surface area (Å²) in [5, 5.41) is 20.3. The van der Waals surface area contributed by atoms with Crippen LogP contribution in [-0.4, -0.2) is 40.3 Å². The Bertz CT molecular complexity index is 563. The number of hydrogen-bond donors (Lipinski definition) is 1. The third kappa shape index (κ3) is 2.86. The third-order valence-electron chi connectivity index (χ3n) is 3.13. The van der Waals surface area contributed by atoms with E-state index in [1.54, 1.807) is 12.1 Å². The molecule has 0 atom stereocenters. The van der Waals surface area contributed by atoms with Crippen molar-refractivity contribution in [2.45, 2.75) is 19.9 Å². The van der Waals surface area contributed by atoms with Crippen molar-refractivity contribution in [1.82, 2.24) is 14.5 Å². The van der Waals surface area contributed by atoms with E-state index in [4.69, 9.17) is 0 Å². The van der Waals surface area contributed by atoms with Gasteiger partial charge in [-0.2, -0.15) is 0 Å². The predicted octanol–water partition coefficient (Wildman–Crippen LogP) is 1.99. The van der Waals surface area contributed by atoms with E-state index in [1.807, 2.05) is 31.7 Å². The standard InChI is InChI=1S/C13H19N4O2/c1-10-14-11-6-4-7-12(17(18)19)13(11)16(10)9-5-8-15(2)3/h4,6-7,18H,5,8-9H2,1-3H3/q-1. The Labute approximate surface area is 112 Å². The minimum atomic E-state index is -0.0914. The molecule has 2 aromatic rings. The zero-order chi connectivity index (χ0) is 14.0. The Morgan fingerprint density at radius 2 is 2.11 bits per heavy atom. The molecule has 6 heteroatoms. The monoisotopic (exact) mass is 263 g/mol. The van der Waals surface area contributed by atoms with E-state index in [0.717, 1.165) is 30.9 Å². The molecule has 104 valence electrons. The van der Waals surface area contributed by atoms with Crippen LogP contribution < -0.4 is 5.23 Å². The molecule has 6 nitrogen and oxygen atoms in total. The van der Waals surface area contributed by atoms with Crippen LogP contribution >= 0.6 is 0 Å². The summed E-state index contributed by atoms with van der Waals surface area (Å²) in [6, 6.07) is 5.16. The molecule has 0 saturated heterocycles. The molecule has 1 N–H and O–H groups in total. The molecule has 0 spiro atoms. The van der Waals surface area contributed by atoms with Crippen molar-refractivity contribution < 1.29 is 5.21 Å². The molecule has 1 aromatic carbocycles. The number of nitrogens with zero attached hydrogens (tertiary/aromatic N) is 4. The minimum absolute atomic E-state index is 0.0914. The van der Waals surface area contributed by atoms with Gasteiger partial charge < -0.3 is 19.9 Å². The number of aryl methyl sites for hydroxylation is 2. The molecular weight excluding hydrogens is 244 g/mol. The van der Waals surface area contributed by atoms with Crippen LogP contribution in [0.25, 0.3) is 11.0 Å². The SMILES string of the molecule is Cc1nc2cccc(N([O-])O)c2n1CCCN(C)C. The lowest BCUT2D eigenvalue weighted by Crippen LogP contribution is -2.16. The first kappa shape index (κ1) is 13.8. The number of imidazole rings is 1. The van der Waals surface area contributed by atoms with Gasteiger partial charge in [-0.05, 0) is 46.1 Å². The molecule has 0 aliphatic heterocycles. The molecule has 1 heterocycles. The van der Waals surface area contributed by atoms with Crippen LogP contribution in [0, 0.1) is 12.1 Å². The number of anilines is 1. The number of hydrogen-bond acceptors (Lipinski definition) is 5. The Morgan fingerprint density at radius 3 is 2.74 bits per heavy atom. The smallest absolute Gasteiger partial charge is 0.106 e. The molecule has 0 amide bonds. The van der Waals surface area contributed by atoms with Crippen LogP contribution in [0.2, 0.25) is 0 Å². The second-order valence-electron chi connectivity index (χ2n) is 4.89. The lowest BCUT2D eigenvalue weighted by atomic mass is 10.2. The van der Waals surface area contributed by atoms with Crippen molar-refractivity contribution >= 4 is 16.7 Å². The Hall–Kier alpha value is -1.63. The lowest BCUT2D eigenvalue weighted by molar-refractivity contribution is 0.297. The van der Waals surface area contributed by atoms with Gasteiger partial charge in [-0.1, -0.05) is 6.07 Å². The summed E-state index contributed by atoms with van der Waals surface area (Å²) in [6.45, 7) is 3.64. The molecule has 0 unspecified atom stereocenters. The van der Waals surface area contributed by atoms with Gasteiger partial charge in [0.05, 0.1) is 16.7 Å². The highest BCUT2D eigenvalue weighted by Gasteiger charge is 2.11. The van der Waals surface area contributed by atoms with Crippen LogP contribution in [0.1, 0.15) is 12.2 Å². The summed E-state index contributed by atoms with van der Waals surface area (Å²) in [4.78, 5) is 6.54. The molecule has 0 aliphatic rings. The van der Waals surface area contributed by atoms with E-state index in [0.29, 0.717) is 5.52 Å². The Morgan fingerprint density at radius 1 is 1.37 bits per heavy atom. The molecule has 0 fully saturated rings. The highest BCUT2D eigenvalue weighted by atomic mass is 16.8. The summed E-state index contributed by atoms with van der Waals surface area (Å²) in [5.74, 6) is 0.850. The Balaban J connectivity index is 2.38. The maximum atomic E-state index is 11.2. The van der Waals surface area contributed by atoms with E-state index < -0.39 is 0 Å². The van der Waals surface area contributed by atoms with Crippen molar-refractivity contribution in [1.29, 1.82) is 0 Å². The molecule has 0 saturated carbocycles. The average molecular weight is 263 g/mol. The van der Waals surface area contributed by atoms with Gasteiger partial charge in [0.25, 0.3) is 0 Å². The van der Waals surface area contributed by atoms with Gasteiger partial charge in [-0.15, -0.1) is 0 Å². The first-order valence-corrected chi connectivity index (χ1v) is 6.27. The maximum Gasteiger partial charge on any atom is 0.106 e.